The van der Waals surface area contributed by atoms with Crippen LogP contribution in [0, 0.1) is 11.8 Å². The first-order chi connectivity index (χ1) is 17.8. The number of hydrogen-bond donors (Lipinski definition) is 6. The molecule has 11 heteroatoms. The van der Waals surface area contributed by atoms with Gasteiger partial charge in [0, 0.05) is 11.8 Å². The summed E-state index contributed by atoms with van der Waals surface area (Å²) >= 11 is 0. The number of phenolic OH excluding ortho intramolecular Hbond substituents is 1. The smallest absolute Gasteiger partial charge is 0.229 e. The maximum atomic E-state index is 11.1. The molecule has 10 unspecified atom stereocenters. The molecule has 6 N–H and O–H groups in total. The number of hydrogen-bond acceptors (Lipinski definition) is 11. The van der Waals surface area contributed by atoms with Crippen molar-refractivity contribution in [2.24, 2.45) is 11.8 Å². The van der Waals surface area contributed by atoms with E-state index in [-0.39, 0.29) is 35.4 Å². The van der Waals surface area contributed by atoms with Crippen molar-refractivity contribution in [2.45, 2.75) is 48.8 Å². The molecule has 0 amide bonds. The number of phenols is 1. The van der Waals surface area contributed by atoms with Gasteiger partial charge in [-0.05, 0) is 41.3 Å². The van der Waals surface area contributed by atoms with Crippen LogP contribution in [0.25, 0.3) is 0 Å². The lowest BCUT2D eigenvalue weighted by atomic mass is 9.59. The molecule has 11 nitrogen and oxygen atoms in total. The normalized spacial score (nSPS) is 36.9. The summed E-state index contributed by atoms with van der Waals surface area (Å²) < 4.78 is 28.0. The molecular weight excluding hydrogens is 488 g/mol. The van der Waals surface area contributed by atoms with Crippen LogP contribution in [0.15, 0.2) is 36.4 Å². The molecule has 2 saturated heterocycles. The maximum Gasteiger partial charge on any atom is 0.229 e. The summed E-state index contributed by atoms with van der Waals surface area (Å²) in [5.41, 5.74) is 1.64. The number of benzene rings is 2. The summed E-state index contributed by atoms with van der Waals surface area (Å²) in [5.74, 6) is 0.694. The summed E-state index contributed by atoms with van der Waals surface area (Å²) in [6, 6.07) is 10.2. The van der Waals surface area contributed by atoms with Crippen molar-refractivity contribution >= 4 is 0 Å². The molecule has 2 aliphatic heterocycles. The van der Waals surface area contributed by atoms with E-state index in [0.29, 0.717) is 18.1 Å². The van der Waals surface area contributed by atoms with Gasteiger partial charge < -0.3 is 54.3 Å². The molecule has 0 spiro atoms. The number of rotatable bonds is 7. The average Bonchev–Trinajstić information content (AvgIpc) is 3.29. The predicted molar refractivity (Wildman–Crippen MR) is 126 cm³/mol. The summed E-state index contributed by atoms with van der Waals surface area (Å²) in [4.78, 5) is 0. The molecule has 5 rings (SSSR count). The van der Waals surface area contributed by atoms with Crippen LogP contribution in [0.3, 0.4) is 0 Å². The molecule has 2 aromatic carbocycles. The standard InChI is InChI=1S/C26H32O11/c1-33-16-7-11(3-5-14(16)28)19-13-10-35-25(20(13)22(19)30)12-4-6-15(17(8-12)34-2)36-26-24(32)23(31)21(29)18(9-27)37-26/h3-8,13,18-32H,9-10H2,1-2H3. The molecule has 2 heterocycles. The van der Waals surface area contributed by atoms with E-state index < -0.39 is 43.4 Å². The lowest BCUT2D eigenvalue weighted by Gasteiger charge is -2.46. The highest BCUT2D eigenvalue weighted by atomic mass is 16.7. The molecule has 10 atom stereocenters. The number of methoxy groups -OCH3 is 2. The van der Waals surface area contributed by atoms with Crippen molar-refractivity contribution in [3.05, 3.63) is 47.5 Å². The SMILES string of the molecule is COc1cc(C2C(O)C3C(c4ccc(OC5OC(CO)C(O)C(O)C5O)c(OC)c4)OCC23)ccc1O. The Labute approximate surface area is 213 Å². The zero-order chi connectivity index (χ0) is 26.4. The van der Waals surface area contributed by atoms with Crippen LogP contribution in [-0.4, -0.2) is 94.9 Å². The van der Waals surface area contributed by atoms with Crippen LogP contribution < -0.4 is 14.2 Å². The number of aliphatic hydroxyl groups is 5. The minimum atomic E-state index is -1.56. The lowest BCUT2D eigenvalue weighted by Crippen LogP contribution is -2.60. The van der Waals surface area contributed by atoms with Crippen LogP contribution in [0.2, 0.25) is 0 Å². The van der Waals surface area contributed by atoms with Crippen molar-refractivity contribution < 1.29 is 54.3 Å². The zero-order valence-corrected chi connectivity index (χ0v) is 20.4. The first-order valence-electron chi connectivity index (χ1n) is 12.1. The van der Waals surface area contributed by atoms with Gasteiger partial charge in [-0.2, -0.15) is 0 Å². The van der Waals surface area contributed by atoms with Crippen molar-refractivity contribution in [2.75, 3.05) is 27.4 Å². The van der Waals surface area contributed by atoms with E-state index in [0.717, 1.165) is 11.1 Å². The number of ether oxygens (including phenoxy) is 5. The number of fused-ring (bicyclic) bond motifs is 1. The highest BCUT2D eigenvalue weighted by Gasteiger charge is 2.58. The predicted octanol–water partition coefficient (Wildman–Crippen LogP) is 0.0501. The largest absolute Gasteiger partial charge is 0.504 e. The van der Waals surface area contributed by atoms with Gasteiger partial charge in [-0.3, -0.25) is 0 Å². The molecular formula is C26H32O11. The molecule has 2 aromatic rings. The van der Waals surface area contributed by atoms with Gasteiger partial charge in [0.25, 0.3) is 0 Å². The summed E-state index contributed by atoms with van der Waals surface area (Å²) in [5, 5.41) is 60.7. The number of aromatic hydroxyl groups is 1. The Morgan fingerprint density at radius 2 is 1.54 bits per heavy atom. The van der Waals surface area contributed by atoms with Gasteiger partial charge >= 0.3 is 0 Å². The molecule has 0 aromatic heterocycles. The fourth-order valence-electron chi connectivity index (χ4n) is 5.70. The van der Waals surface area contributed by atoms with Crippen LogP contribution in [0.4, 0.5) is 0 Å². The molecule has 1 aliphatic carbocycles. The van der Waals surface area contributed by atoms with E-state index in [4.69, 9.17) is 23.7 Å². The Hall–Kier alpha value is -2.64. The second-order valence-corrected chi connectivity index (χ2v) is 9.67. The van der Waals surface area contributed by atoms with E-state index >= 15 is 0 Å². The summed E-state index contributed by atoms with van der Waals surface area (Å²) in [6.45, 7) is -0.117. The Kier molecular flexibility index (Phi) is 7.20. The van der Waals surface area contributed by atoms with E-state index in [1.165, 1.54) is 14.2 Å². The highest BCUT2D eigenvalue weighted by Crippen LogP contribution is 2.58. The second kappa shape index (κ2) is 10.3. The Bertz CT molecular complexity index is 1110. The van der Waals surface area contributed by atoms with Gasteiger partial charge in [0.15, 0.2) is 23.0 Å². The van der Waals surface area contributed by atoms with Crippen molar-refractivity contribution in [3.63, 3.8) is 0 Å². The minimum Gasteiger partial charge on any atom is -0.504 e. The van der Waals surface area contributed by atoms with E-state index in [2.05, 4.69) is 0 Å². The van der Waals surface area contributed by atoms with Gasteiger partial charge in [-0.15, -0.1) is 0 Å². The number of aliphatic hydroxyl groups excluding tert-OH is 5. The van der Waals surface area contributed by atoms with Gasteiger partial charge in [0.2, 0.25) is 6.29 Å². The van der Waals surface area contributed by atoms with Crippen molar-refractivity contribution in [1.29, 1.82) is 0 Å². The maximum absolute atomic E-state index is 11.1. The first kappa shape index (κ1) is 26.0. The lowest BCUT2D eigenvalue weighted by molar-refractivity contribution is -0.277. The van der Waals surface area contributed by atoms with Gasteiger partial charge in [-0.1, -0.05) is 12.1 Å². The topological polar surface area (TPSA) is 168 Å². The van der Waals surface area contributed by atoms with Crippen molar-refractivity contribution in [3.8, 4) is 23.0 Å². The molecule has 3 aliphatic rings. The summed E-state index contributed by atoms with van der Waals surface area (Å²) in [6.07, 6.45) is -8.10. The van der Waals surface area contributed by atoms with Gasteiger partial charge in [-0.25, -0.2) is 0 Å². The van der Waals surface area contributed by atoms with E-state index in [1.54, 1.807) is 36.4 Å². The average molecular weight is 521 g/mol. The Balaban J connectivity index is 1.32. The molecule has 37 heavy (non-hydrogen) atoms. The zero-order valence-electron chi connectivity index (χ0n) is 20.4. The van der Waals surface area contributed by atoms with Crippen LogP contribution in [-0.2, 0) is 9.47 Å². The van der Waals surface area contributed by atoms with Crippen LogP contribution in [0.5, 0.6) is 23.0 Å². The molecule has 0 radical (unpaired) electrons. The first-order valence-corrected chi connectivity index (χ1v) is 12.1. The molecule has 202 valence electrons. The van der Waals surface area contributed by atoms with Gasteiger partial charge in [0.05, 0.1) is 39.6 Å². The Morgan fingerprint density at radius 3 is 2.24 bits per heavy atom. The minimum absolute atomic E-state index is 0.0373. The molecule has 0 bridgehead atoms. The third kappa shape index (κ3) is 4.40. The van der Waals surface area contributed by atoms with E-state index in [9.17, 15) is 30.6 Å². The van der Waals surface area contributed by atoms with Crippen LogP contribution >= 0.6 is 0 Å². The van der Waals surface area contributed by atoms with Crippen LogP contribution in [0.1, 0.15) is 23.1 Å². The third-order valence-corrected chi connectivity index (χ3v) is 7.73. The molecule has 1 saturated carbocycles. The van der Waals surface area contributed by atoms with Crippen molar-refractivity contribution in [1.82, 2.24) is 0 Å². The fraction of sp³-hybridized carbons (Fsp3) is 0.538. The Morgan fingerprint density at radius 1 is 0.838 bits per heavy atom. The third-order valence-electron chi connectivity index (χ3n) is 7.73. The molecule has 3 fully saturated rings. The van der Waals surface area contributed by atoms with E-state index in [1.807, 2.05) is 0 Å². The summed E-state index contributed by atoms with van der Waals surface area (Å²) in [7, 11) is 2.93. The second-order valence-electron chi connectivity index (χ2n) is 9.67. The monoisotopic (exact) mass is 520 g/mol. The fourth-order valence-corrected chi connectivity index (χ4v) is 5.70. The van der Waals surface area contributed by atoms with Gasteiger partial charge in [0.1, 0.15) is 24.4 Å². The quantitative estimate of drug-likeness (QED) is 0.292. The highest BCUT2D eigenvalue weighted by molar-refractivity contribution is 5.46.